The number of para-hydroxylation sites is 1. The van der Waals surface area contributed by atoms with Crippen molar-refractivity contribution in [3.8, 4) is 0 Å². The fourth-order valence-electron chi connectivity index (χ4n) is 2.61. The first kappa shape index (κ1) is 17.8. The normalized spacial score (nSPS) is 17.5. The van der Waals surface area contributed by atoms with Crippen LogP contribution >= 0.6 is 0 Å². The number of nitrogens with one attached hydrogen (secondary N) is 1. The van der Waals surface area contributed by atoms with E-state index in [0.717, 1.165) is 0 Å². The fourth-order valence-corrected chi connectivity index (χ4v) is 2.61. The van der Waals surface area contributed by atoms with Gasteiger partial charge in [0.15, 0.2) is 0 Å². The first-order chi connectivity index (χ1) is 11.2. The van der Waals surface area contributed by atoms with E-state index in [-0.39, 0.29) is 5.56 Å². The molecule has 1 atom stereocenters. The third-order valence-electron chi connectivity index (χ3n) is 3.59. The Morgan fingerprint density at radius 1 is 1.25 bits per heavy atom. The first-order valence-corrected chi connectivity index (χ1v) is 7.82. The summed E-state index contributed by atoms with van der Waals surface area (Å²) in [7, 11) is 0. The Hall–Kier alpha value is -2.57. The summed E-state index contributed by atoms with van der Waals surface area (Å²) in [6.45, 7) is 5.61. The minimum Gasteiger partial charge on any atom is -0.480 e. The van der Waals surface area contributed by atoms with Crippen molar-refractivity contribution in [3.63, 3.8) is 0 Å². The van der Waals surface area contributed by atoms with E-state index in [1.807, 2.05) is 0 Å². The van der Waals surface area contributed by atoms with Crippen molar-refractivity contribution < 1.29 is 24.2 Å². The van der Waals surface area contributed by atoms with Crippen LogP contribution in [0.25, 0.3) is 0 Å². The average molecular weight is 334 g/mol. The van der Waals surface area contributed by atoms with E-state index in [9.17, 15) is 19.5 Å². The van der Waals surface area contributed by atoms with E-state index in [2.05, 4.69) is 5.32 Å². The number of nitrogens with zero attached hydrogens (tertiary/aromatic N) is 1. The number of anilines is 1. The van der Waals surface area contributed by atoms with Gasteiger partial charge in [0, 0.05) is 6.54 Å². The predicted molar refractivity (Wildman–Crippen MR) is 88.0 cm³/mol. The predicted octanol–water partition coefficient (Wildman–Crippen LogP) is 2.72. The Bertz CT molecular complexity index is 651. The Morgan fingerprint density at radius 2 is 1.92 bits per heavy atom. The molecule has 0 spiro atoms. The molecule has 0 aliphatic carbocycles. The molecule has 1 heterocycles. The van der Waals surface area contributed by atoms with Crippen LogP contribution in [0.2, 0.25) is 0 Å². The molecule has 0 saturated carbocycles. The second-order valence-corrected chi connectivity index (χ2v) is 6.67. The van der Waals surface area contributed by atoms with E-state index in [0.29, 0.717) is 25.1 Å². The largest absolute Gasteiger partial charge is 0.480 e. The van der Waals surface area contributed by atoms with Gasteiger partial charge in [0.05, 0.1) is 11.3 Å². The van der Waals surface area contributed by atoms with Gasteiger partial charge in [-0.2, -0.15) is 0 Å². The number of benzene rings is 1. The number of carbonyl (C=O) groups is 3. The van der Waals surface area contributed by atoms with Crippen molar-refractivity contribution in [2.24, 2.45) is 0 Å². The second-order valence-electron chi connectivity index (χ2n) is 6.67. The van der Waals surface area contributed by atoms with Gasteiger partial charge in [0.25, 0.3) is 5.91 Å². The third-order valence-corrected chi connectivity index (χ3v) is 3.59. The summed E-state index contributed by atoms with van der Waals surface area (Å²) < 4.78 is 5.19. The lowest BCUT2D eigenvalue weighted by Gasteiger charge is -2.23. The Kier molecular flexibility index (Phi) is 5.11. The summed E-state index contributed by atoms with van der Waals surface area (Å²) >= 11 is 0. The molecule has 7 nitrogen and oxygen atoms in total. The van der Waals surface area contributed by atoms with Crippen LogP contribution < -0.4 is 5.32 Å². The van der Waals surface area contributed by atoms with Gasteiger partial charge in [-0.25, -0.2) is 9.59 Å². The molecule has 1 aliphatic heterocycles. The number of carboxylic acid groups (broad SMARTS) is 1. The fraction of sp³-hybridized carbons (Fsp3) is 0.471. The van der Waals surface area contributed by atoms with Gasteiger partial charge < -0.3 is 14.7 Å². The summed E-state index contributed by atoms with van der Waals surface area (Å²) in [6.07, 6.45) is 0.409. The van der Waals surface area contributed by atoms with Crippen molar-refractivity contribution in [2.75, 3.05) is 11.9 Å². The molecular weight excluding hydrogens is 312 g/mol. The summed E-state index contributed by atoms with van der Waals surface area (Å²) in [5, 5.41) is 11.8. The molecule has 1 unspecified atom stereocenters. The maximum atomic E-state index is 12.7. The highest BCUT2D eigenvalue weighted by Crippen LogP contribution is 2.24. The van der Waals surface area contributed by atoms with Crippen LogP contribution in [0.5, 0.6) is 0 Å². The maximum Gasteiger partial charge on any atom is 0.412 e. The van der Waals surface area contributed by atoms with Crippen molar-refractivity contribution in [1.82, 2.24) is 4.90 Å². The van der Waals surface area contributed by atoms with E-state index < -0.39 is 29.6 Å². The zero-order valence-electron chi connectivity index (χ0n) is 14.0. The SMILES string of the molecule is CC(C)(C)OC(=O)Nc1ccccc1C(=O)N1CCCC1C(=O)O. The minimum atomic E-state index is -1.02. The molecule has 1 aliphatic rings. The molecule has 1 aromatic rings. The summed E-state index contributed by atoms with van der Waals surface area (Å²) in [5.41, 5.74) is -0.115. The lowest BCUT2D eigenvalue weighted by Crippen LogP contribution is -2.40. The zero-order valence-corrected chi connectivity index (χ0v) is 14.0. The van der Waals surface area contributed by atoms with Gasteiger partial charge in [-0.1, -0.05) is 12.1 Å². The van der Waals surface area contributed by atoms with Gasteiger partial charge in [0.1, 0.15) is 11.6 Å². The second kappa shape index (κ2) is 6.90. The summed E-state index contributed by atoms with van der Waals surface area (Å²) in [5.74, 6) is -1.43. The first-order valence-electron chi connectivity index (χ1n) is 7.82. The molecule has 24 heavy (non-hydrogen) atoms. The van der Waals surface area contributed by atoms with Crippen LogP contribution in [0.1, 0.15) is 44.0 Å². The number of carboxylic acids is 1. The average Bonchev–Trinajstić information content (AvgIpc) is 2.94. The van der Waals surface area contributed by atoms with Gasteiger partial charge >= 0.3 is 12.1 Å². The topological polar surface area (TPSA) is 95.9 Å². The Labute approximate surface area is 140 Å². The van der Waals surface area contributed by atoms with Crippen LogP contribution in [0.3, 0.4) is 0 Å². The molecule has 7 heteroatoms. The molecular formula is C17H22N2O5. The number of amides is 2. The number of carbonyl (C=O) groups excluding carboxylic acids is 2. The monoisotopic (exact) mass is 334 g/mol. The van der Waals surface area contributed by atoms with E-state index >= 15 is 0 Å². The molecule has 0 aromatic heterocycles. The molecule has 2 rings (SSSR count). The Balaban J connectivity index is 2.21. The minimum absolute atomic E-state index is 0.247. The molecule has 0 bridgehead atoms. The van der Waals surface area contributed by atoms with Crippen LogP contribution in [0, 0.1) is 0 Å². The number of hydrogen-bond acceptors (Lipinski definition) is 4. The van der Waals surface area contributed by atoms with Gasteiger partial charge in [-0.05, 0) is 45.7 Å². The highest BCUT2D eigenvalue weighted by molar-refractivity contribution is 6.04. The summed E-state index contributed by atoms with van der Waals surface area (Å²) in [6, 6.07) is 5.67. The highest BCUT2D eigenvalue weighted by Gasteiger charge is 2.35. The van der Waals surface area contributed by atoms with E-state index in [4.69, 9.17) is 4.74 Å². The van der Waals surface area contributed by atoms with Crippen LogP contribution in [-0.2, 0) is 9.53 Å². The molecule has 1 saturated heterocycles. The van der Waals surface area contributed by atoms with Gasteiger partial charge in [-0.3, -0.25) is 10.1 Å². The van der Waals surface area contributed by atoms with Crippen molar-refractivity contribution in [1.29, 1.82) is 0 Å². The number of rotatable bonds is 3. The molecule has 1 aromatic carbocycles. The summed E-state index contributed by atoms with van der Waals surface area (Å²) in [4.78, 5) is 37.3. The molecule has 1 fully saturated rings. The van der Waals surface area contributed by atoms with Crippen molar-refractivity contribution in [3.05, 3.63) is 29.8 Å². The molecule has 2 amide bonds. The van der Waals surface area contributed by atoms with E-state index in [1.54, 1.807) is 45.0 Å². The van der Waals surface area contributed by atoms with Crippen molar-refractivity contribution >= 4 is 23.7 Å². The van der Waals surface area contributed by atoms with Crippen molar-refractivity contribution in [2.45, 2.75) is 45.3 Å². The lowest BCUT2D eigenvalue weighted by molar-refractivity contribution is -0.141. The van der Waals surface area contributed by atoms with Crippen LogP contribution in [-0.4, -0.2) is 46.2 Å². The van der Waals surface area contributed by atoms with Gasteiger partial charge in [0.2, 0.25) is 0 Å². The van der Waals surface area contributed by atoms with Crippen LogP contribution in [0.4, 0.5) is 10.5 Å². The molecule has 130 valence electrons. The highest BCUT2D eigenvalue weighted by atomic mass is 16.6. The zero-order chi connectivity index (χ0) is 17.9. The lowest BCUT2D eigenvalue weighted by atomic mass is 10.1. The standard InChI is InChI=1S/C17H22N2O5/c1-17(2,3)24-16(23)18-12-8-5-4-7-11(12)14(20)19-10-6-9-13(19)15(21)22/h4-5,7-8,13H,6,9-10H2,1-3H3,(H,18,23)(H,21,22). The molecule has 0 radical (unpaired) electrons. The number of likely N-dealkylation sites (tertiary alicyclic amines) is 1. The van der Waals surface area contributed by atoms with Gasteiger partial charge in [-0.15, -0.1) is 0 Å². The number of ether oxygens (including phenoxy) is 1. The molecule has 2 N–H and O–H groups in total. The Morgan fingerprint density at radius 3 is 2.54 bits per heavy atom. The number of aliphatic carboxylic acids is 1. The van der Waals surface area contributed by atoms with E-state index in [1.165, 1.54) is 4.90 Å². The number of hydrogen-bond donors (Lipinski definition) is 2. The third kappa shape index (κ3) is 4.24. The quantitative estimate of drug-likeness (QED) is 0.886. The van der Waals surface area contributed by atoms with Crippen LogP contribution in [0.15, 0.2) is 24.3 Å². The smallest absolute Gasteiger partial charge is 0.412 e. The maximum absolute atomic E-state index is 12.7.